The number of ether oxygens (including phenoxy) is 1. The number of amides is 1. The van der Waals surface area contributed by atoms with Gasteiger partial charge in [-0.1, -0.05) is 6.07 Å². The van der Waals surface area contributed by atoms with E-state index in [1.54, 1.807) is 30.0 Å². The predicted molar refractivity (Wildman–Crippen MR) is 99.6 cm³/mol. The van der Waals surface area contributed by atoms with E-state index in [0.29, 0.717) is 11.4 Å². The minimum atomic E-state index is -3.81. The van der Waals surface area contributed by atoms with Crippen LogP contribution in [0.25, 0.3) is 0 Å². The normalized spacial score (nSPS) is 12.4. The molecule has 0 spiro atoms. The number of benzene rings is 2. The summed E-state index contributed by atoms with van der Waals surface area (Å²) < 4.78 is 32.1. The Morgan fingerprint density at radius 1 is 1.16 bits per heavy atom. The lowest BCUT2D eigenvalue weighted by Crippen LogP contribution is -2.41. The van der Waals surface area contributed by atoms with Crippen molar-refractivity contribution in [2.45, 2.75) is 22.8 Å². The zero-order valence-electron chi connectivity index (χ0n) is 14.1. The summed E-state index contributed by atoms with van der Waals surface area (Å²) in [6.45, 7) is 1.49. The summed E-state index contributed by atoms with van der Waals surface area (Å²) in [4.78, 5) is 13.3. The fourth-order valence-corrected chi connectivity index (χ4v) is 3.72. The van der Waals surface area contributed by atoms with Gasteiger partial charge >= 0.3 is 0 Å². The molecule has 0 aliphatic rings. The van der Waals surface area contributed by atoms with E-state index in [4.69, 9.17) is 4.74 Å². The number of thioether (sulfide) groups is 1. The van der Waals surface area contributed by atoms with Gasteiger partial charge in [0.25, 0.3) is 0 Å². The molecule has 6 nitrogen and oxygen atoms in total. The van der Waals surface area contributed by atoms with Gasteiger partial charge in [-0.3, -0.25) is 4.79 Å². The van der Waals surface area contributed by atoms with Crippen LogP contribution >= 0.6 is 11.8 Å². The third-order valence-electron chi connectivity index (χ3n) is 3.43. The fraction of sp³-hybridized carbons (Fsp3) is 0.235. The van der Waals surface area contributed by atoms with Gasteiger partial charge in [0.15, 0.2) is 0 Å². The van der Waals surface area contributed by atoms with Gasteiger partial charge in [-0.15, -0.1) is 11.8 Å². The van der Waals surface area contributed by atoms with Crippen LogP contribution in [0.15, 0.2) is 58.3 Å². The first-order valence-electron chi connectivity index (χ1n) is 7.47. The van der Waals surface area contributed by atoms with Gasteiger partial charge in [0.05, 0.1) is 18.0 Å². The predicted octanol–water partition coefficient (Wildman–Crippen LogP) is 2.72. The Labute approximate surface area is 152 Å². The molecule has 0 aliphatic heterocycles. The highest BCUT2D eigenvalue weighted by Gasteiger charge is 2.22. The van der Waals surface area contributed by atoms with Crippen molar-refractivity contribution < 1.29 is 17.9 Å². The third kappa shape index (κ3) is 5.22. The summed E-state index contributed by atoms with van der Waals surface area (Å²) >= 11 is 1.56. The molecule has 0 heterocycles. The number of methoxy groups -OCH3 is 1. The van der Waals surface area contributed by atoms with Crippen molar-refractivity contribution in [1.82, 2.24) is 4.72 Å². The average Bonchev–Trinajstić information content (AvgIpc) is 2.61. The second kappa shape index (κ2) is 8.37. The lowest BCUT2D eigenvalue weighted by Gasteiger charge is -2.15. The van der Waals surface area contributed by atoms with Crippen molar-refractivity contribution in [2.75, 3.05) is 18.7 Å². The highest BCUT2D eigenvalue weighted by atomic mass is 32.2. The number of anilines is 1. The van der Waals surface area contributed by atoms with E-state index in [0.717, 1.165) is 4.90 Å². The maximum Gasteiger partial charge on any atom is 0.242 e. The Hall–Kier alpha value is -2.03. The van der Waals surface area contributed by atoms with Crippen LogP contribution in [-0.4, -0.2) is 33.7 Å². The second-order valence-electron chi connectivity index (χ2n) is 5.24. The van der Waals surface area contributed by atoms with Crippen molar-refractivity contribution in [3.8, 4) is 5.75 Å². The summed E-state index contributed by atoms with van der Waals surface area (Å²) in [5.74, 6) is 0.119. The molecule has 0 radical (unpaired) electrons. The van der Waals surface area contributed by atoms with E-state index < -0.39 is 22.0 Å². The van der Waals surface area contributed by atoms with Gasteiger partial charge in [-0.2, -0.15) is 4.72 Å². The number of sulfonamides is 1. The Balaban J connectivity index is 2.05. The number of rotatable bonds is 7. The van der Waals surface area contributed by atoms with Crippen LogP contribution in [0.2, 0.25) is 0 Å². The fourth-order valence-electron chi connectivity index (χ4n) is 2.06. The lowest BCUT2D eigenvalue weighted by molar-refractivity contribution is -0.117. The highest BCUT2D eigenvalue weighted by Crippen LogP contribution is 2.19. The van der Waals surface area contributed by atoms with Crippen molar-refractivity contribution in [3.05, 3.63) is 48.5 Å². The summed E-state index contributed by atoms with van der Waals surface area (Å²) in [6, 6.07) is 12.4. The second-order valence-corrected chi connectivity index (χ2v) is 7.83. The minimum Gasteiger partial charge on any atom is -0.497 e. The Kier molecular flexibility index (Phi) is 6.46. The maximum atomic E-state index is 12.4. The number of nitrogens with one attached hydrogen (secondary N) is 2. The molecule has 0 saturated heterocycles. The molecule has 0 bridgehead atoms. The molecule has 8 heteroatoms. The molecule has 1 unspecified atom stereocenters. The Bertz CT molecular complexity index is 836. The van der Waals surface area contributed by atoms with E-state index >= 15 is 0 Å². The zero-order valence-corrected chi connectivity index (χ0v) is 15.8. The maximum absolute atomic E-state index is 12.4. The van der Waals surface area contributed by atoms with E-state index in [1.165, 1.54) is 26.2 Å². The quantitative estimate of drug-likeness (QED) is 0.722. The molecule has 0 saturated carbocycles. The van der Waals surface area contributed by atoms with Gasteiger partial charge in [0, 0.05) is 10.6 Å². The van der Waals surface area contributed by atoms with Crippen LogP contribution in [0.4, 0.5) is 5.69 Å². The average molecular weight is 380 g/mol. The smallest absolute Gasteiger partial charge is 0.242 e. The molecule has 134 valence electrons. The van der Waals surface area contributed by atoms with E-state index in [9.17, 15) is 13.2 Å². The molecule has 25 heavy (non-hydrogen) atoms. The van der Waals surface area contributed by atoms with Gasteiger partial charge in [0.1, 0.15) is 5.75 Å². The molecule has 2 aromatic carbocycles. The van der Waals surface area contributed by atoms with Crippen LogP contribution in [0, 0.1) is 0 Å². The van der Waals surface area contributed by atoms with Crippen LogP contribution in [0.3, 0.4) is 0 Å². The van der Waals surface area contributed by atoms with Gasteiger partial charge < -0.3 is 10.1 Å². The summed E-state index contributed by atoms with van der Waals surface area (Å²) in [5.41, 5.74) is 0.618. The van der Waals surface area contributed by atoms with Crippen LogP contribution in [0.5, 0.6) is 5.75 Å². The van der Waals surface area contributed by atoms with Gasteiger partial charge in [0.2, 0.25) is 15.9 Å². The SMILES string of the molecule is COc1ccc(S(=O)(=O)NC(C)C(=O)Nc2cccc(SC)c2)cc1. The topological polar surface area (TPSA) is 84.5 Å². The molecule has 0 aromatic heterocycles. The summed E-state index contributed by atoms with van der Waals surface area (Å²) in [6.07, 6.45) is 1.94. The molecule has 0 fully saturated rings. The molecular weight excluding hydrogens is 360 g/mol. The largest absolute Gasteiger partial charge is 0.497 e. The standard InChI is InChI=1S/C17H20N2O4S2/c1-12(17(20)18-13-5-4-6-15(11-13)24-3)19-25(21,22)16-9-7-14(23-2)8-10-16/h4-12,19H,1-3H3,(H,18,20). The molecule has 2 rings (SSSR count). The molecule has 0 aliphatic carbocycles. The minimum absolute atomic E-state index is 0.0670. The Morgan fingerprint density at radius 2 is 1.84 bits per heavy atom. The van der Waals surface area contributed by atoms with Crippen molar-refractivity contribution in [1.29, 1.82) is 0 Å². The first-order chi connectivity index (χ1) is 11.9. The molecular formula is C17H20N2O4S2. The molecule has 2 N–H and O–H groups in total. The highest BCUT2D eigenvalue weighted by molar-refractivity contribution is 7.98. The van der Waals surface area contributed by atoms with Gasteiger partial charge in [-0.25, -0.2) is 8.42 Å². The molecule has 1 amide bonds. The van der Waals surface area contributed by atoms with E-state index in [2.05, 4.69) is 10.0 Å². The zero-order chi connectivity index (χ0) is 18.4. The number of hydrogen-bond donors (Lipinski definition) is 2. The van der Waals surface area contributed by atoms with Crippen LogP contribution in [-0.2, 0) is 14.8 Å². The Morgan fingerprint density at radius 3 is 2.44 bits per heavy atom. The first kappa shape index (κ1) is 19.3. The first-order valence-corrected chi connectivity index (χ1v) is 10.2. The lowest BCUT2D eigenvalue weighted by atomic mass is 10.3. The molecule has 2 aromatic rings. The van der Waals surface area contributed by atoms with Crippen molar-refractivity contribution in [2.24, 2.45) is 0 Å². The van der Waals surface area contributed by atoms with Crippen molar-refractivity contribution >= 4 is 33.4 Å². The van der Waals surface area contributed by atoms with Gasteiger partial charge in [-0.05, 0) is 55.6 Å². The molecule has 1 atom stereocenters. The monoisotopic (exact) mass is 380 g/mol. The van der Waals surface area contributed by atoms with Crippen molar-refractivity contribution in [3.63, 3.8) is 0 Å². The van der Waals surface area contributed by atoms with E-state index in [1.807, 2.05) is 24.5 Å². The third-order valence-corrected chi connectivity index (χ3v) is 5.71. The summed E-state index contributed by atoms with van der Waals surface area (Å²) in [7, 11) is -2.30. The van der Waals surface area contributed by atoms with E-state index in [-0.39, 0.29) is 4.90 Å². The van der Waals surface area contributed by atoms with Crippen LogP contribution < -0.4 is 14.8 Å². The number of carbonyl (C=O) groups is 1. The number of carbonyl (C=O) groups excluding carboxylic acids is 1. The van der Waals surface area contributed by atoms with Crippen LogP contribution in [0.1, 0.15) is 6.92 Å². The summed E-state index contributed by atoms with van der Waals surface area (Å²) in [5, 5.41) is 2.71. The number of hydrogen-bond acceptors (Lipinski definition) is 5.